The third kappa shape index (κ3) is 3.24. The van der Waals surface area contributed by atoms with Crippen molar-refractivity contribution in [3.8, 4) is 0 Å². The predicted molar refractivity (Wildman–Crippen MR) is 46.0 cm³/mol. The highest BCUT2D eigenvalue weighted by Gasteiger charge is 2.22. The van der Waals surface area contributed by atoms with Crippen LogP contribution >= 0.6 is 0 Å². The Bertz CT molecular complexity index is 82.0. The molecule has 0 spiro atoms. The number of hydrogen-bond donors (Lipinski definition) is 0. The van der Waals surface area contributed by atoms with E-state index in [1.807, 2.05) is 0 Å². The second kappa shape index (κ2) is 4.00. The van der Waals surface area contributed by atoms with Gasteiger partial charge in [0, 0.05) is 0 Å². The van der Waals surface area contributed by atoms with E-state index in [2.05, 4.69) is 13.8 Å². The van der Waals surface area contributed by atoms with Gasteiger partial charge >= 0.3 is 0 Å². The molecule has 0 bridgehead atoms. The van der Waals surface area contributed by atoms with Crippen LogP contribution < -0.4 is 0 Å². The Morgan fingerprint density at radius 3 is 2.60 bits per heavy atom. The van der Waals surface area contributed by atoms with E-state index in [4.69, 9.17) is 0 Å². The van der Waals surface area contributed by atoms with Crippen LogP contribution in [-0.2, 0) is 0 Å². The number of hydrogen-bond acceptors (Lipinski definition) is 0. The zero-order valence-corrected chi connectivity index (χ0v) is 7.40. The molecule has 1 unspecified atom stereocenters. The fraction of sp³-hybridized carbons (Fsp3) is 1.00. The summed E-state index contributed by atoms with van der Waals surface area (Å²) in [5.41, 5.74) is 0. The van der Waals surface area contributed by atoms with E-state index < -0.39 is 0 Å². The summed E-state index contributed by atoms with van der Waals surface area (Å²) in [6, 6.07) is 0. The fourth-order valence-electron chi connectivity index (χ4n) is 1.59. The van der Waals surface area contributed by atoms with Crippen molar-refractivity contribution < 1.29 is 0 Å². The minimum Gasteiger partial charge on any atom is -0.0654 e. The molecule has 1 rings (SSSR count). The zero-order chi connectivity index (χ0) is 7.40. The summed E-state index contributed by atoms with van der Waals surface area (Å²) >= 11 is 0. The smallest absolute Gasteiger partial charge is 0.0412 e. The highest BCUT2D eigenvalue weighted by molar-refractivity contribution is 4.75. The lowest BCUT2D eigenvalue weighted by Crippen LogP contribution is -1.94. The minimum absolute atomic E-state index is 1.01. The fourth-order valence-corrected chi connectivity index (χ4v) is 1.59. The molecule has 0 aromatic heterocycles. The quantitative estimate of drug-likeness (QED) is 0.547. The molecule has 1 aliphatic rings. The summed E-state index contributed by atoms with van der Waals surface area (Å²) in [4.78, 5) is 0. The van der Waals surface area contributed by atoms with Crippen LogP contribution in [0.5, 0.6) is 0 Å². The van der Waals surface area contributed by atoms with Crippen LogP contribution in [0, 0.1) is 11.8 Å². The SMILES string of the molecule is CCCCC(C)CC1CC1. The summed E-state index contributed by atoms with van der Waals surface area (Å²) in [6.07, 6.45) is 8.84. The molecule has 0 nitrogen and oxygen atoms in total. The van der Waals surface area contributed by atoms with Crippen LogP contribution in [0.4, 0.5) is 0 Å². The first-order chi connectivity index (χ1) is 4.83. The summed E-state index contributed by atoms with van der Waals surface area (Å²) in [7, 11) is 0. The van der Waals surface area contributed by atoms with Crippen molar-refractivity contribution in [1.29, 1.82) is 0 Å². The normalized spacial score (nSPS) is 21.0. The van der Waals surface area contributed by atoms with Crippen molar-refractivity contribution in [2.24, 2.45) is 11.8 Å². The second-order valence-corrected chi connectivity index (χ2v) is 3.93. The zero-order valence-electron chi connectivity index (χ0n) is 7.40. The van der Waals surface area contributed by atoms with Crippen molar-refractivity contribution in [1.82, 2.24) is 0 Å². The van der Waals surface area contributed by atoms with Crippen molar-refractivity contribution in [3.63, 3.8) is 0 Å². The van der Waals surface area contributed by atoms with E-state index in [0.717, 1.165) is 11.8 Å². The van der Waals surface area contributed by atoms with Gasteiger partial charge in [-0.05, 0) is 18.3 Å². The molecule has 1 atom stereocenters. The van der Waals surface area contributed by atoms with Crippen molar-refractivity contribution in [2.45, 2.75) is 52.4 Å². The number of unbranched alkanes of at least 4 members (excludes halogenated alkanes) is 1. The monoisotopic (exact) mass is 140 g/mol. The summed E-state index contributed by atoms with van der Waals surface area (Å²) in [6.45, 7) is 4.69. The maximum Gasteiger partial charge on any atom is -0.0412 e. The van der Waals surface area contributed by atoms with E-state index >= 15 is 0 Å². The van der Waals surface area contributed by atoms with Crippen molar-refractivity contribution in [2.75, 3.05) is 0 Å². The maximum absolute atomic E-state index is 2.41. The summed E-state index contributed by atoms with van der Waals surface area (Å²) in [5, 5.41) is 0. The highest BCUT2D eigenvalue weighted by atomic mass is 14.3. The third-order valence-electron chi connectivity index (χ3n) is 2.48. The highest BCUT2D eigenvalue weighted by Crippen LogP contribution is 2.36. The molecule has 0 amide bonds. The van der Waals surface area contributed by atoms with Crippen molar-refractivity contribution in [3.05, 3.63) is 0 Å². The van der Waals surface area contributed by atoms with Crippen molar-refractivity contribution >= 4 is 0 Å². The van der Waals surface area contributed by atoms with Gasteiger partial charge in [-0.2, -0.15) is 0 Å². The first-order valence-corrected chi connectivity index (χ1v) is 4.83. The van der Waals surface area contributed by atoms with E-state index in [0.29, 0.717) is 0 Å². The lowest BCUT2D eigenvalue weighted by molar-refractivity contribution is 0.446. The number of rotatable bonds is 5. The molecule has 1 aliphatic carbocycles. The Kier molecular flexibility index (Phi) is 3.24. The molecule has 0 heterocycles. The Morgan fingerprint density at radius 1 is 1.40 bits per heavy atom. The molecule has 0 aliphatic heterocycles. The molecule has 1 fully saturated rings. The van der Waals surface area contributed by atoms with Crippen LogP contribution in [-0.4, -0.2) is 0 Å². The van der Waals surface area contributed by atoms with Crippen LogP contribution in [0.3, 0.4) is 0 Å². The van der Waals surface area contributed by atoms with Gasteiger partial charge in [0.2, 0.25) is 0 Å². The molecular formula is C10H20. The van der Waals surface area contributed by atoms with Gasteiger partial charge < -0.3 is 0 Å². The first-order valence-electron chi connectivity index (χ1n) is 4.83. The molecule has 0 saturated heterocycles. The van der Waals surface area contributed by atoms with E-state index in [-0.39, 0.29) is 0 Å². The summed E-state index contributed by atoms with van der Waals surface area (Å²) in [5.74, 6) is 2.14. The largest absolute Gasteiger partial charge is 0.0654 e. The van der Waals surface area contributed by atoms with Crippen LogP contribution in [0.1, 0.15) is 52.4 Å². The summed E-state index contributed by atoms with van der Waals surface area (Å²) < 4.78 is 0. The van der Waals surface area contributed by atoms with E-state index in [9.17, 15) is 0 Å². The molecule has 0 heteroatoms. The maximum atomic E-state index is 2.41. The molecule has 10 heavy (non-hydrogen) atoms. The first kappa shape index (κ1) is 8.10. The van der Waals surface area contributed by atoms with E-state index in [1.54, 1.807) is 0 Å². The average Bonchev–Trinajstić information content (AvgIpc) is 2.67. The average molecular weight is 140 g/mol. The minimum atomic E-state index is 1.01. The van der Waals surface area contributed by atoms with Gasteiger partial charge in [-0.1, -0.05) is 46.0 Å². The standard InChI is InChI=1S/C10H20/c1-3-4-5-9(2)8-10-6-7-10/h9-10H,3-8H2,1-2H3. The molecule has 0 radical (unpaired) electrons. The second-order valence-electron chi connectivity index (χ2n) is 3.93. The van der Waals surface area contributed by atoms with Crippen LogP contribution in [0.25, 0.3) is 0 Å². The van der Waals surface area contributed by atoms with Gasteiger partial charge in [0.15, 0.2) is 0 Å². The molecule has 0 aromatic carbocycles. The Balaban J connectivity index is 1.91. The Labute approximate surface area is 65.0 Å². The lowest BCUT2D eigenvalue weighted by atomic mass is 9.98. The topological polar surface area (TPSA) is 0 Å². The molecule has 0 aromatic rings. The molecule has 1 saturated carbocycles. The van der Waals surface area contributed by atoms with Crippen LogP contribution in [0.2, 0.25) is 0 Å². The predicted octanol–water partition coefficient (Wildman–Crippen LogP) is 3.61. The van der Waals surface area contributed by atoms with Gasteiger partial charge in [0.25, 0.3) is 0 Å². The van der Waals surface area contributed by atoms with Gasteiger partial charge in [0.05, 0.1) is 0 Å². The van der Waals surface area contributed by atoms with Crippen LogP contribution in [0.15, 0.2) is 0 Å². The molecular weight excluding hydrogens is 120 g/mol. The van der Waals surface area contributed by atoms with Gasteiger partial charge in [-0.25, -0.2) is 0 Å². The van der Waals surface area contributed by atoms with Gasteiger partial charge in [-0.15, -0.1) is 0 Å². The van der Waals surface area contributed by atoms with Gasteiger partial charge in [0.1, 0.15) is 0 Å². The van der Waals surface area contributed by atoms with E-state index in [1.165, 1.54) is 38.5 Å². The molecule has 0 N–H and O–H groups in total. The molecule has 60 valence electrons. The lowest BCUT2D eigenvalue weighted by Gasteiger charge is -2.08. The Hall–Kier alpha value is 0. The Morgan fingerprint density at radius 2 is 2.10 bits per heavy atom. The third-order valence-corrected chi connectivity index (χ3v) is 2.48. The van der Waals surface area contributed by atoms with Gasteiger partial charge in [-0.3, -0.25) is 0 Å².